The topological polar surface area (TPSA) is 81.6 Å². The fraction of sp³-hybridized carbons (Fsp3) is 0.682. The van der Waals surface area contributed by atoms with Crippen LogP contribution < -0.4 is 10.6 Å². The summed E-state index contributed by atoms with van der Waals surface area (Å²) in [5.41, 5.74) is 0.0972. The van der Waals surface area contributed by atoms with Crippen molar-refractivity contribution in [1.82, 2.24) is 10.6 Å². The molecule has 1 aromatic carbocycles. The van der Waals surface area contributed by atoms with E-state index in [4.69, 9.17) is 0 Å². The van der Waals surface area contributed by atoms with Crippen LogP contribution in [0.25, 0.3) is 0 Å². The number of nitrogens with one attached hydrogen (secondary N) is 2. The van der Waals surface area contributed by atoms with Gasteiger partial charge in [0.05, 0.1) is 11.1 Å². The van der Waals surface area contributed by atoms with Gasteiger partial charge in [0.15, 0.2) is 0 Å². The highest BCUT2D eigenvalue weighted by molar-refractivity contribution is 5.86. The Morgan fingerprint density at radius 2 is 2.07 bits per heavy atom. The van der Waals surface area contributed by atoms with E-state index in [0.717, 1.165) is 24.9 Å². The van der Waals surface area contributed by atoms with Crippen molar-refractivity contribution < 1.29 is 15.0 Å². The van der Waals surface area contributed by atoms with Crippen LogP contribution in [0.5, 0.6) is 5.75 Å². The third-order valence-corrected chi connectivity index (χ3v) is 7.31. The van der Waals surface area contributed by atoms with Gasteiger partial charge in [-0.2, -0.15) is 0 Å². The van der Waals surface area contributed by atoms with Gasteiger partial charge in [0.1, 0.15) is 11.5 Å². The first-order valence-corrected chi connectivity index (χ1v) is 10.2. The number of ketones is 1. The zero-order chi connectivity index (χ0) is 19.9. The Labute approximate surface area is 162 Å². The van der Waals surface area contributed by atoms with E-state index in [1.54, 1.807) is 13.0 Å². The van der Waals surface area contributed by atoms with E-state index in [9.17, 15) is 15.0 Å². The van der Waals surface area contributed by atoms with E-state index in [1.165, 1.54) is 5.56 Å². The van der Waals surface area contributed by atoms with Crippen LogP contribution in [0.3, 0.4) is 0 Å². The van der Waals surface area contributed by atoms with Crippen LogP contribution in [0.2, 0.25) is 0 Å². The lowest BCUT2D eigenvalue weighted by Crippen LogP contribution is -2.69. The summed E-state index contributed by atoms with van der Waals surface area (Å²) in [6, 6.07) is 5.54. The average Bonchev–Trinajstić information content (AvgIpc) is 2.63. The van der Waals surface area contributed by atoms with E-state index in [0.29, 0.717) is 25.8 Å². The summed E-state index contributed by atoms with van der Waals surface area (Å²) in [5, 5.41) is 28.9. The predicted octanol–water partition coefficient (Wildman–Crippen LogP) is 2.28. The fourth-order valence-corrected chi connectivity index (χ4v) is 5.83. The molecule has 0 saturated heterocycles. The van der Waals surface area contributed by atoms with Crippen molar-refractivity contribution in [3.8, 4) is 5.75 Å². The van der Waals surface area contributed by atoms with E-state index in [1.807, 2.05) is 26.1 Å². The highest BCUT2D eigenvalue weighted by Gasteiger charge is 2.63. The van der Waals surface area contributed by atoms with Crippen LogP contribution in [0, 0.1) is 5.92 Å². The Bertz CT molecular complexity index is 722. The van der Waals surface area contributed by atoms with Crippen LogP contribution in [0.15, 0.2) is 18.2 Å². The summed E-state index contributed by atoms with van der Waals surface area (Å²) in [4.78, 5) is 12.8. The molecule has 0 unspecified atom stereocenters. The number of phenolic OH excluding ortho intramolecular Hbond substituents is 1. The lowest BCUT2D eigenvalue weighted by atomic mass is 9.46. The molecule has 5 heteroatoms. The predicted molar refractivity (Wildman–Crippen MR) is 107 cm³/mol. The van der Waals surface area contributed by atoms with Gasteiger partial charge >= 0.3 is 0 Å². The van der Waals surface area contributed by atoms with E-state index in [2.05, 4.69) is 17.6 Å². The summed E-state index contributed by atoms with van der Waals surface area (Å²) in [7, 11) is 1.91. The zero-order valence-corrected chi connectivity index (χ0v) is 17.1. The number of hydrogen-bond donors (Lipinski definition) is 4. The number of Topliss-reactive ketones (excluding diaryl/α,β-unsaturated/α-hetero) is 1. The molecular weight excluding hydrogens is 340 g/mol. The lowest BCUT2D eigenvalue weighted by molar-refractivity contribution is -0.151. The van der Waals surface area contributed by atoms with Gasteiger partial charge in [0, 0.05) is 5.41 Å². The van der Waals surface area contributed by atoms with Crippen molar-refractivity contribution in [1.29, 1.82) is 0 Å². The molecule has 27 heavy (non-hydrogen) atoms. The van der Waals surface area contributed by atoms with Crippen LogP contribution in [-0.4, -0.2) is 47.3 Å². The summed E-state index contributed by atoms with van der Waals surface area (Å²) in [6.07, 6.45) is 3.30. The molecule has 0 heterocycles. The van der Waals surface area contributed by atoms with Crippen LogP contribution >= 0.6 is 0 Å². The summed E-state index contributed by atoms with van der Waals surface area (Å²) < 4.78 is 0. The summed E-state index contributed by atoms with van der Waals surface area (Å²) in [5.74, 6) is 0.449. The zero-order valence-electron chi connectivity index (χ0n) is 17.1. The first-order chi connectivity index (χ1) is 12.7. The first-order valence-electron chi connectivity index (χ1n) is 10.2. The molecule has 0 radical (unpaired) electrons. The Kier molecular flexibility index (Phi) is 5.41. The number of likely N-dealkylation sites (N-methyl/N-ethyl adjacent to an activating group) is 1. The minimum Gasteiger partial charge on any atom is -0.508 e. The van der Waals surface area contributed by atoms with Crippen molar-refractivity contribution in [2.75, 3.05) is 20.1 Å². The average molecular weight is 375 g/mol. The van der Waals surface area contributed by atoms with Gasteiger partial charge in [0.2, 0.25) is 0 Å². The number of hydrogen-bond acceptors (Lipinski definition) is 5. The van der Waals surface area contributed by atoms with E-state index >= 15 is 0 Å². The van der Waals surface area contributed by atoms with Crippen molar-refractivity contribution in [2.45, 2.75) is 69.4 Å². The molecule has 1 saturated carbocycles. The quantitative estimate of drug-likeness (QED) is 0.614. The van der Waals surface area contributed by atoms with E-state index < -0.39 is 16.6 Å². The number of rotatable bonds is 6. The number of benzene rings is 1. The molecule has 2 aliphatic rings. The summed E-state index contributed by atoms with van der Waals surface area (Å²) >= 11 is 0. The highest BCUT2D eigenvalue weighted by Crippen LogP contribution is 2.59. The molecule has 5 nitrogen and oxygen atoms in total. The third-order valence-electron chi connectivity index (χ3n) is 7.31. The number of fused-ring (bicyclic) bond motifs is 3. The van der Waals surface area contributed by atoms with Gasteiger partial charge in [0.25, 0.3) is 0 Å². The maximum absolute atomic E-state index is 12.8. The molecule has 0 aromatic heterocycles. The number of phenols is 1. The molecule has 3 rings (SSSR count). The number of carbonyl (C=O) groups excluding carboxylic acids is 1. The number of aromatic hydroxyl groups is 1. The maximum Gasteiger partial charge on any atom is 0.149 e. The van der Waals surface area contributed by atoms with E-state index in [-0.39, 0.29) is 17.5 Å². The van der Waals surface area contributed by atoms with Crippen molar-refractivity contribution in [3.05, 3.63) is 29.3 Å². The van der Waals surface area contributed by atoms with Gasteiger partial charge in [-0.05, 0) is 88.3 Å². The van der Waals surface area contributed by atoms with Crippen LogP contribution in [0.1, 0.15) is 57.6 Å². The van der Waals surface area contributed by atoms with Crippen molar-refractivity contribution in [2.24, 2.45) is 5.92 Å². The van der Waals surface area contributed by atoms with Crippen LogP contribution in [0.4, 0.5) is 0 Å². The Morgan fingerprint density at radius 1 is 1.33 bits per heavy atom. The molecule has 4 atom stereocenters. The van der Waals surface area contributed by atoms with Crippen molar-refractivity contribution in [3.63, 3.8) is 0 Å². The minimum atomic E-state index is -0.890. The number of aliphatic hydroxyl groups is 1. The molecule has 150 valence electrons. The standard InChI is InChI=1S/C22H34N2O3/c1-5-24-21(16(3)25)8-9-22(27)15(2)12-17-6-7-18(26)13-19(17)20(22,14-21)10-11-23-4/h6-7,13,15,23-24,26-27H,5,8-12,14H2,1-4H3/t15-,20-,21+,22-/m1/s1. The van der Waals surface area contributed by atoms with Gasteiger partial charge in [-0.25, -0.2) is 0 Å². The Hall–Kier alpha value is -1.43. The smallest absolute Gasteiger partial charge is 0.149 e. The molecule has 1 aromatic rings. The molecule has 1 fully saturated rings. The molecule has 0 aliphatic heterocycles. The monoisotopic (exact) mass is 374 g/mol. The normalized spacial score (nSPS) is 35.4. The SMILES string of the molecule is CCN[C@@]1(C(C)=O)CC[C@@]2(O)[C@H](C)Cc3ccc(O)cc3[C@@]2(CCNC)C1. The molecule has 0 bridgehead atoms. The Morgan fingerprint density at radius 3 is 2.70 bits per heavy atom. The maximum atomic E-state index is 12.8. The molecule has 2 aliphatic carbocycles. The molecule has 0 spiro atoms. The second kappa shape index (κ2) is 7.19. The lowest BCUT2D eigenvalue weighted by Gasteiger charge is -2.61. The van der Waals surface area contributed by atoms with Gasteiger partial charge in [-0.1, -0.05) is 19.9 Å². The highest BCUT2D eigenvalue weighted by atomic mass is 16.3. The first kappa shape index (κ1) is 20.3. The second-order valence-electron chi connectivity index (χ2n) is 8.65. The minimum absolute atomic E-state index is 0.0954. The van der Waals surface area contributed by atoms with Gasteiger partial charge < -0.3 is 20.8 Å². The van der Waals surface area contributed by atoms with Crippen molar-refractivity contribution >= 4 is 5.78 Å². The van der Waals surface area contributed by atoms with Gasteiger partial charge in [-0.3, -0.25) is 4.79 Å². The fourth-order valence-electron chi connectivity index (χ4n) is 5.83. The molecule has 0 amide bonds. The Balaban J connectivity index is 2.23. The number of carbonyl (C=O) groups is 1. The molecule has 4 N–H and O–H groups in total. The van der Waals surface area contributed by atoms with Crippen LogP contribution in [-0.2, 0) is 16.6 Å². The third kappa shape index (κ3) is 3.00. The largest absolute Gasteiger partial charge is 0.508 e. The molecular formula is C22H34N2O3. The summed E-state index contributed by atoms with van der Waals surface area (Å²) in [6.45, 7) is 7.26. The second-order valence-corrected chi connectivity index (χ2v) is 8.65. The van der Waals surface area contributed by atoms with Gasteiger partial charge in [-0.15, -0.1) is 0 Å².